The van der Waals surface area contributed by atoms with E-state index in [0.717, 1.165) is 9.80 Å². The Morgan fingerprint density at radius 3 is 1.43 bits per heavy atom. The number of carbonyl (C=O) groups excluding carboxylic acids is 11. The van der Waals surface area contributed by atoms with Crippen molar-refractivity contribution in [3.05, 3.63) is 12.2 Å². The lowest BCUT2D eigenvalue weighted by atomic mass is 9.91. The highest BCUT2D eigenvalue weighted by Crippen LogP contribution is 2.27. The molecular formula is C69H126N12O13S. The van der Waals surface area contributed by atoms with Crippen molar-refractivity contribution in [2.75, 3.05) is 67.4 Å². The Bertz CT molecular complexity index is 2580. The number of thioether (sulfide) groups is 1. The molecule has 95 heavy (non-hydrogen) atoms. The minimum Gasteiger partial charge on any atom is -0.390 e. The van der Waals surface area contributed by atoms with Crippen LogP contribution in [0.5, 0.6) is 0 Å². The maximum absolute atomic E-state index is 15.4. The number of hydrogen-bond acceptors (Lipinski definition) is 15. The Morgan fingerprint density at radius 2 is 0.958 bits per heavy atom. The Morgan fingerprint density at radius 1 is 0.516 bits per heavy atom. The first kappa shape index (κ1) is 87.2. The lowest BCUT2D eigenvalue weighted by molar-refractivity contribution is -0.157. The number of nitrogens with zero attached hydrogens (tertiary/aromatic N) is 7. The van der Waals surface area contributed by atoms with Gasteiger partial charge in [-0.1, -0.05) is 109 Å². The van der Waals surface area contributed by atoms with Gasteiger partial charge < -0.3 is 71.1 Å². The van der Waals surface area contributed by atoms with E-state index in [1.165, 1.54) is 113 Å². The molecule has 13 atom stereocenters. The van der Waals surface area contributed by atoms with E-state index in [0.29, 0.717) is 18.7 Å². The number of hydrogen-bond donors (Lipinski definition) is 7. The largest absolute Gasteiger partial charge is 0.390 e. The summed E-state index contributed by atoms with van der Waals surface area (Å²) in [6.45, 7) is 33.7. The predicted molar refractivity (Wildman–Crippen MR) is 374 cm³/mol. The molecule has 0 spiro atoms. The minimum absolute atomic E-state index is 0.0182. The molecule has 25 nitrogen and oxygen atoms in total. The van der Waals surface area contributed by atoms with Crippen LogP contribution in [0.4, 0.5) is 0 Å². The fourth-order valence-corrected chi connectivity index (χ4v) is 12.8. The molecule has 0 saturated carbocycles. The van der Waals surface area contributed by atoms with E-state index in [1.54, 1.807) is 60.6 Å². The number of amides is 11. The smallest absolute Gasteiger partial charge is 0.246 e. The average Bonchev–Trinajstić information content (AvgIpc) is 0.813. The Balaban J connectivity index is 4.57. The molecule has 0 radical (unpaired) electrons. The number of aliphatic hydroxyl groups is 2. The Labute approximate surface area is 573 Å². The molecule has 0 aromatic rings. The highest BCUT2D eigenvalue weighted by Gasteiger charge is 2.47. The number of rotatable bonds is 22. The first-order valence-corrected chi connectivity index (χ1v) is 35.4. The van der Waals surface area contributed by atoms with Crippen molar-refractivity contribution >= 4 is 76.7 Å². The van der Waals surface area contributed by atoms with Crippen LogP contribution >= 0.6 is 11.8 Å². The van der Waals surface area contributed by atoms with Gasteiger partial charge in [0.1, 0.15) is 66.5 Å². The third-order valence-corrected chi connectivity index (χ3v) is 18.8. The van der Waals surface area contributed by atoms with Crippen LogP contribution in [0.15, 0.2) is 12.2 Å². The van der Waals surface area contributed by atoms with E-state index in [-0.39, 0.29) is 68.1 Å². The van der Waals surface area contributed by atoms with Gasteiger partial charge >= 0.3 is 0 Å². The first-order valence-electron chi connectivity index (χ1n) is 34.2. The van der Waals surface area contributed by atoms with Crippen molar-refractivity contribution in [1.29, 1.82) is 0 Å². The molecule has 1 fully saturated rings. The Kier molecular flexibility index (Phi) is 36.8. The summed E-state index contributed by atoms with van der Waals surface area (Å²) in [4.78, 5) is 173. The fourth-order valence-electron chi connectivity index (χ4n) is 11.7. The summed E-state index contributed by atoms with van der Waals surface area (Å²) < 4.78 is 0. The van der Waals surface area contributed by atoms with Gasteiger partial charge in [-0.2, -0.15) is 11.8 Å². The summed E-state index contributed by atoms with van der Waals surface area (Å²) in [5.41, 5.74) is -1.58. The number of aliphatic hydroxyl groups excluding tert-OH is 1. The van der Waals surface area contributed by atoms with Gasteiger partial charge in [0.05, 0.1) is 11.7 Å². The number of nitrogens with one attached hydrogen (secondary N) is 5. The molecule has 0 unspecified atom stereocenters. The molecule has 0 bridgehead atoms. The van der Waals surface area contributed by atoms with Gasteiger partial charge in [0, 0.05) is 67.5 Å². The van der Waals surface area contributed by atoms with Crippen LogP contribution in [0, 0.1) is 35.5 Å². The van der Waals surface area contributed by atoms with Gasteiger partial charge in [0.25, 0.3) is 0 Å². The van der Waals surface area contributed by atoms with Gasteiger partial charge in [0.2, 0.25) is 65.0 Å². The number of carbonyl (C=O) groups is 11. The molecule has 11 amide bonds. The lowest BCUT2D eigenvalue weighted by Gasteiger charge is -2.41. The second kappa shape index (κ2) is 40.1. The number of likely N-dealkylation sites (N-methyl/N-ethyl adjacent to an activating group) is 7. The van der Waals surface area contributed by atoms with Crippen LogP contribution in [-0.4, -0.2) is 261 Å². The summed E-state index contributed by atoms with van der Waals surface area (Å²) in [5, 5.41) is 38.1. The zero-order chi connectivity index (χ0) is 73.6. The molecule has 1 saturated heterocycles. The van der Waals surface area contributed by atoms with Crippen LogP contribution in [0.3, 0.4) is 0 Å². The summed E-state index contributed by atoms with van der Waals surface area (Å²) >= 11 is 1.39. The van der Waals surface area contributed by atoms with Gasteiger partial charge in [-0.15, -0.1) is 0 Å². The molecule has 0 aromatic heterocycles. The lowest BCUT2D eigenvalue weighted by Crippen LogP contribution is -2.64. The molecule has 1 heterocycles. The molecule has 1 aliphatic heterocycles. The molecular weight excluding hydrogens is 1240 g/mol. The summed E-state index contributed by atoms with van der Waals surface area (Å²) in [5.74, 6) is -9.70. The zero-order valence-electron chi connectivity index (χ0n) is 62.6. The summed E-state index contributed by atoms with van der Waals surface area (Å²) in [7, 11) is 9.88. The van der Waals surface area contributed by atoms with Crippen molar-refractivity contribution in [3.63, 3.8) is 0 Å². The zero-order valence-corrected chi connectivity index (χ0v) is 63.4. The molecule has 0 aliphatic carbocycles. The van der Waals surface area contributed by atoms with Gasteiger partial charge in [0.15, 0.2) is 0 Å². The molecule has 546 valence electrons. The Hall–Kier alpha value is -5.86. The van der Waals surface area contributed by atoms with Crippen molar-refractivity contribution in [2.45, 2.75) is 261 Å². The van der Waals surface area contributed by atoms with Gasteiger partial charge in [-0.3, -0.25) is 52.7 Å². The molecule has 0 aromatic carbocycles. The van der Waals surface area contributed by atoms with E-state index in [1.807, 2.05) is 55.4 Å². The van der Waals surface area contributed by atoms with E-state index in [4.69, 9.17) is 0 Å². The summed E-state index contributed by atoms with van der Waals surface area (Å²) in [6, 6.07) is -14.2. The second-order valence-electron chi connectivity index (χ2n) is 29.2. The van der Waals surface area contributed by atoms with Crippen LogP contribution in [0.25, 0.3) is 0 Å². The van der Waals surface area contributed by atoms with E-state index < -0.39 is 161 Å². The van der Waals surface area contributed by atoms with Gasteiger partial charge in [-0.05, 0) is 121 Å². The van der Waals surface area contributed by atoms with Crippen molar-refractivity contribution in [2.24, 2.45) is 35.5 Å². The van der Waals surface area contributed by atoms with Crippen LogP contribution in [0.2, 0.25) is 0 Å². The molecule has 1 aliphatic rings. The maximum atomic E-state index is 15.4. The topological polar surface area (TPSA) is 311 Å². The quantitative estimate of drug-likeness (QED) is 0.0598. The van der Waals surface area contributed by atoms with Crippen LogP contribution < -0.4 is 26.6 Å². The fraction of sp³-hybridized carbons (Fsp3) is 0.812. The number of allylic oxidation sites excluding steroid dienone is 2. The van der Waals surface area contributed by atoms with E-state index in [9.17, 15) is 34.2 Å². The highest BCUT2D eigenvalue weighted by molar-refractivity contribution is 7.99. The maximum Gasteiger partial charge on any atom is 0.246 e. The second-order valence-corrected chi connectivity index (χ2v) is 30.4. The van der Waals surface area contributed by atoms with Crippen LogP contribution in [-0.2, 0) is 52.7 Å². The summed E-state index contributed by atoms with van der Waals surface area (Å²) in [6.07, 6.45) is 3.05. The third-order valence-electron chi connectivity index (χ3n) is 17.7. The predicted octanol–water partition coefficient (Wildman–Crippen LogP) is 3.87. The molecule has 1 rings (SSSR count). The van der Waals surface area contributed by atoms with E-state index in [2.05, 4.69) is 26.6 Å². The standard InChI is InChI=1S/C69H126N12O13S/c1-27-29-31-45(15)57(82)56-61(86)73-48(28-2)63(88)79(24)53(38-95-33-30-32-70-44(13)14)66(91)78(23)52(37-69(18,19)94)60(85)74-54(42(9)10)67(92)75(20)49(34-39(3)4)59(84)71-46(16)58(83)72-47(17)62(87)76(21)50(35-40(5)6)64(89)77(22)51(36-41(7)8)65(90)80(25)55(43(11)12)68(93)81(56)26/h27,29,39-57,70,82,94H,28,30-38H2,1-26H3,(H,71,84)(H,72,83)(H,73,86)(H,74,85)/t45-,46+,47-,48+,49+,50+,51+,52+,53-,54+,55+,56+,57-/m1/s1. The minimum atomic E-state index is -1.66. The van der Waals surface area contributed by atoms with Crippen molar-refractivity contribution in [1.82, 2.24) is 60.9 Å². The average molecular weight is 1360 g/mol. The molecule has 7 N–H and O–H groups in total. The normalized spacial score (nSPS) is 26.3. The van der Waals surface area contributed by atoms with Gasteiger partial charge in [-0.25, -0.2) is 0 Å². The van der Waals surface area contributed by atoms with Crippen molar-refractivity contribution in [3.8, 4) is 0 Å². The SMILES string of the molecule is CC=CC[C@@H](C)[C@@H](O)[C@H]1C(=O)N[C@@H](CC)C(=O)N(C)[C@H](CSCCCNC(C)C)C(=O)N(C)[C@@H](CC(C)(C)O)C(=O)N[C@@H](C(C)C)C(=O)N(C)[C@@H](CC(C)C)C(=O)N[C@@H](C)C(=O)N[C@H](C)C(=O)N(C)[C@@H](CC(C)C)C(=O)N(C)[C@@H](CC(C)C)C(=O)N(C)[C@@H](C(C)C)C(=O)N1C. The molecule has 26 heteroatoms. The van der Waals surface area contributed by atoms with E-state index >= 15 is 28.8 Å². The first-order chi connectivity index (χ1) is 43.8. The third kappa shape index (κ3) is 26.2. The monoisotopic (exact) mass is 1360 g/mol. The van der Waals surface area contributed by atoms with Crippen LogP contribution in [0.1, 0.15) is 176 Å². The highest BCUT2D eigenvalue weighted by atomic mass is 32.2. The van der Waals surface area contributed by atoms with Crippen molar-refractivity contribution < 1.29 is 63.0 Å².